The Morgan fingerprint density at radius 1 is 1.21 bits per heavy atom. The highest BCUT2D eigenvalue weighted by molar-refractivity contribution is 7.10. The Hall–Kier alpha value is -1.16. The molecule has 1 aromatic heterocycles. The molecule has 0 aliphatic heterocycles. The molecule has 1 N–H and O–H groups in total. The van der Waals surface area contributed by atoms with E-state index in [2.05, 4.69) is 54.0 Å². The van der Waals surface area contributed by atoms with E-state index in [0.29, 0.717) is 12.6 Å². The van der Waals surface area contributed by atoms with Gasteiger partial charge < -0.3 is 10.1 Å². The lowest BCUT2D eigenvalue weighted by atomic mass is 10.1. The maximum Gasteiger partial charge on any atom is 0.0713 e. The molecule has 0 aliphatic carbocycles. The van der Waals surface area contributed by atoms with Crippen molar-refractivity contribution < 1.29 is 4.74 Å². The zero-order valence-electron chi connectivity index (χ0n) is 11.6. The highest BCUT2D eigenvalue weighted by atomic mass is 32.1. The molecule has 2 aromatic rings. The first-order valence-electron chi connectivity index (χ1n) is 6.67. The van der Waals surface area contributed by atoms with Crippen molar-refractivity contribution in [2.24, 2.45) is 0 Å². The fourth-order valence-corrected chi connectivity index (χ4v) is 3.06. The van der Waals surface area contributed by atoms with E-state index < -0.39 is 0 Å². The smallest absolute Gasteiger partial charge is 0.0713 e. The fourth-order valence-electron chi connectivity index (χ4n) is 2.17. The first-order valence-corrected chi connectivity index (χ1v) is 7.55. The number of rotatable bonds is 7. The highest BCUT2D eigenvalue weighted by Crippen LogP contribution is 2.22. The Bertz CT molecular complexity index is 481. The minimum Gasteiger partial charge on any atom is -0.380 e. The zero-order chi connectivity index (χ0) is 13.5. The van der Waals surface area contributed by atoms with Crippen molar-refractivity contribution in [1.82, 2.24) is 5.32 Å². The van der Waals surface area contributed by atoms with E-state index in [1.807, 2.05) is 11.3 Å². The molecule has 19 heavy (non-hydrogen) atoms. The summed E-state index contributed by atoms with van der Waals surface area (Å²) in [6.45, 7) is 3.79. The van der Waals surface area contributed by atoms with Crippen LogP contribution in [0.5, 0.6) is 0 Å². The van der Waals surface area contributed by atoms with Crippen LogP contribution in [0.25, 0.3) is 0 Å². The van der Waals surface area contributed by atoms with Crippen molar-refractivity contribution in [3.8, 4) is 0 Å². The van der Waals surface area contributed by atoms with Crippen molar-refractivity contribution in [2.75, 3.05) is 7.11 Å². The Kier molecular flexibility index (Phi) is 5.58. The Balaban J connectivity index is 1.95. The molecule has 0 radical (unpaired) electrons. The second-order valence-corrected chi connectivity index (χ2v) is 5.59. The lowest BCUT2D eigenvalue weighted by Gasteiger charge is -2.15. The number of ether oxygens (including phenoxy) is 1. The summed E-state index contributed by atoms with van der Waals surface area (Å²) in [4.78, 5) is 1.41. The molecule has 1 unspecified atom stereocenters. The summed E-state index contributed by atoms with van der Waals surface area (Å²) < 4.78 is 5.17. The first-order chi connectivity index (χ1) is 9.33. The summed E-state index contributed by atoms with van der Waals surface area (Å²) in [5, 5.41) is 5.76. The minimum atomic E-state index is 0.450. The summed E-state index contributed by atoms with van der Waals surface area (Å²) in [6.07, 6.45) is 1.11. The number of methoxy groups -OCH3 is 1. The van der Waals surface area contributed by atoms with Gasteiger partial charge in [-0.25, -0.2) is 0 Å². The van der Waals surface area contributed by atoms with Crippen molar-refractivity contribution in [3.05, 3.63) is 57.8 Å². The highest BCUT2D eigenvalue weighted by Gasteiger charge is 2.09. The van der Waals surface area contributed by atoms with Crippen LogP contribution < -0.4 is 5.32 Å². The van der Waals surface area contributed by atoms with E-state index in [0.717, 1.165) is 13.0 Å². The molecule has 2 rings (SSSR count). The van der Waals surface area contributed by atoms with Crippen LogP contribution >= 0.6 is 11.3 Å². The predicted octanol–water partition coefficient (Wildman–Crippen LogP) is 4.14. The summed E-state index contributed by atoms with van der Waals surface area (Å²) in [5.74, 6) is 0. The monoisotopic (exact) mass is 275 g/mol. The molecule has 0 amide bonds. The Labute approximate surface area is 119 Å². The molecule has 0 bridgehead atoms. The molecule has 0 saturated carbocycles. The summed E-state index contributed by atoms with van der Waals surface area (Å²) in [6, 6.07) is 13.3. The normalized spacial score (nSPS) is 12.5. The van der Waals surface area contributed by atoms with Gasteiger partial charge in [0, 0.05) is 24.6 Å². The fraction of sp³-hybridized carbons (Fsp3) is 0.375. The van der Waals surface area contributed by atoms with Gasteiger partial charge in [0.15, 0.2) is 0 Å². The van der Waals surface area contributed by atoms with Gasteiger partial charge in [0.1, 0.15) is 0 Å². The quantitative estimate of drug-likeness (QED) is 0.820. The number of benzene rings is 1. The first kappa shape index (κ1) is 14.3. The molecular formula is C16H21NOS. The molecule has 0 saturated heterocycles. The van der Waals surface area contributed by atoms with Crippen LogP contribution in [0.4, 0.5) is 0 Å². The molecule has 2 nitrogen and oxygen atoms in total. The maximum atomic E-state index is 5.17. The lowest BCUT2D eigenvalue weighted by molar-refractivity contribution is 0.185. The van der Waals surface area contributed by atoms with E-state index in [4.69, 9.17) is 4.74 Å². The van der Waals surface area contributed by atoms with E-state index in [1.165, 1.54) is 16.0 Å². The van der Waals surface area contributed by atoms with Gasteiger partial charge in [-0.05, 0) is 29.0 Å². The van der Waals surface area contributed by atoms with Crippen LogP contribution in [0.15, 0.2) is 41.8 Å². The van der Waals surface area contributed by atoms with Gasteiger partial charge in [0.25, 0.3) is 0 Å². The van der Waals surface area contributed by atoms with E-state index in [-0.39, 0.29) is 0 Å². The maximum absolute atomic E-state index is 5.17. The Morgan fingerprint density at radius 3 is 2.74 bits per heavy atom. The van der Waals surface area contributed by atoms with Crippen LogP contribution in [-0.4, -0.2) is 7.11 Å². The van der Waals surface area contributed by atoms with Crippen molar-refractivity contribution in [2.45, 2.75) is 32.5 Å². The third-order valence-electron chi connectivity index (χ3n) is 3.15. The van der Waals surface area contributed by atoms with Crippen LogP contribution in [-0.2, 0) is 17.9 Å². The van der Waals surface area contributed by atoms with Crippen LogP contribution in [0.3, 0.4) is 0 Å². The van der Waals surface area contributed by atoms with Crippen molar-refractivity contribution >= 4 is 11.3 Å². The van der Waals surface area contributed by atoms with Crippen molar-refractivity contribution in [1.29, 1.82) is 0 Å². The molecule has 0 aliphatic rings. The number of hydrogen-bond donors (Lipinski definition) is 1. The second kappa shape index (κ2) is 7.43. The Morgan fingerprint density at radius 2 is 2.05 bits per heavy atom. The van der Waals surface area contributed by atoms with E-state index in [1.54, 1.807) is 7.11 Å². The average Bonchev–Trinajstić information content (AvgIpc) is 2.94. The van der Waals surface area contributed by atoms with Gasteiger partial charge in [0.2, 0.25) is 0 Å². The minimum absolute atomic E-state index is 0.450. The largest absolute Gasteiger partial charge is 0.380 e. The van der Waals surface area contributed by atoms with Gasteiger partial charge in [-0.2, -0.15) is 0 Å². The molecule has 0 spiro atoms. The molecule has 0 fully saturated rings. The van der Waals surface area contributed by atoms with Crippen LogP contribution in [0.2, 0.25) is 0 Å². The van der Waals surface area contributed by atoms with E-state index in [9.17, 15) is 0 Å². The summed E-state index contributed by atoms with van der Waals surface area (Å²) >= 11 is 1.82. The number of nitrogens with one attached hydrogen (secondary N) is 1. The van der Waals surface area contributed by atoms with Crippen LogP contribution in [0, 0.1) is 0 Å². The topological polar surface area (TPSA) is 21.3 Å². The van der Waals surface area contributed by atoms with Gasteiger partial charge in [-0.3, -0.25) is 0 Å². The average molecular weight is 275 g/mol. The zero-order valence-corrected chi connectivity index (χ0v) is 12.4. The molecule has 1 aromatic carbocycles. The van der Waals surface area contributed by atoms with Gasteiger partial charge in [0.05, 0.1) is 6.61 Å². The third-order valence-corrected chi connectivity index (χ3v) is 4.14. The predicted molar refractivity (Wildman–Crippen MR) is 81.3 cm³/mol. The molecule has 3 heteroatoms. The molecular weight excluding hydrogens is 254 g/mol. The molecule has 102 valence electrons. The van der Waals surface area contributed by atoms with Gasteiger partial charge in [-0.1, -0.05) is 37.3 Å². The van der Waals surface area contributed by atoms with Crippen LogP contribution in [0.1, 0.15) is 35.4 Å². The summed E-state index contributed by atoms with van der Waals surface area (Å²) in [5.41, 5.74) is 2.54. The SMILES string of the molecule is CCC(NCc1cccc(COC)c1)c1cccs1. The van der Waals surface area contributed by atoms with Crippen molar-refractivity contribution in [3.63, 3.8) is 0 Å². The number of hydrogen-bond acceptors (Lipinski definition) is 3. The standard InChI is InChI=1S/C16H21NOS/c1-3-15(16-8-5-9-19-16)17-11-13-6-4-7-14(10-13)12-18-2/h4-10,15,17H,3,11-12H2,1-2H3. The number of thiophene rings is 1. The summed E-state index contributed by atoms with van der Waals surface area (Å²) in [7, 11) is 1.73. The molecule has 1 atom stereocenters. The third kappa shape index (κ3) is 4.16. The van der Waals surface area contributed by atoms with Gasteiger partial charge >= 0.3 is 0 Å². The molecule has 1 heterocycles. The van der Waals surface area contributed by atoms with E-state index >= 15 is 0 Å². The lowest BCUT2D eigenvalue weighted by Crippen LogP contribution is -2.19. The second-order valence-electron chi connectivity index (χ2n) is 4.61. The van der Waals surface area contributed by atoms with Gasteiger partial charge in [-0.15, -0.1) is 11.3 Å².